The molecule has 1 aromatic heterocycles. The van der Waals surface area contributed by atoms with Gasteiger partial charge in [0.15, 0.2) is 4.77 Å². The molecule has 1 atom stereocenters. The van der Waals surface area contributed by atoms with E-state index in [0.29, 0.717) is 0 Å². The van der Waals surface area contributed by atoms with Gasteiger partial charge in [-0.25, -0.2) is 0 Å². The number of aromatic nitrogens is 2. The van der Waals surface area contributed by atoms with E-state index in [1.54, 1.807) is 0 Å². The van der Waals surface area contributed by atoms with E-state index >= 15 is 0 Å². The maximum atomic E-state index is 5.40. The zero-order valence-electron chi connectivity index (χ0n) is 11.3. The summed E-state index contributed by atoms with van der Waals surface area (Å²) in [4.78, 5) is 5.59. The Balaban J connectivity index is 2.21. The molecule has 1 saturated heterocycles. The number of imidazole rings is 1. The summed E-state index contributed by atoms with van der Waals surface area (Å²) in [6, 6.07) is 0. The first-order valence-corrected chi connectivity index (χ1v) is 6.76. The quantitative estimate of drug-likeness (QED) is 0.820. The molecule has 0 amide bonds. The standard InChI is InChI=1S/C13H23N3S/c1-13(2,3)11-7-14-12(17)16(11)9-10-5-6-15(4)8-10/h7,10H,5-6,8-9H2,1-4H3,(H,14,17). The van der Waals surface area contributed by atoms with Crippen molar-refractivity contribution < 1.29 is 0 Å². The van der Waals surface area contributed by atoms with Crippen LogP contribution < -0.4 is 0 Å². The van der Waals surface area contributed by atoms with Crippen molar-refractivity contribution in [3.8, 4) is 0 Å². The van der Waals surface area contributed by atoms with Crippen LogP contribution in [0.5, 0.6) is 0 Å². The van der Waals surface area contributed by atoms with E-state index in [1.807, 2.05) is 0 Å². The van der Waals surface area contributed by atoms with E-state index in [2.05, 4.69) is 48.5 Å². The predicted molar refractivity (Wildman–Crippen MR) is 73.9 cm³/mol. The second-order valence-corrected chi connectivity index (χ2v) is 6.64. The lowest BCUT2D eigenvalue weighted by atomic mass is 9.92. The minimum atomic E-state index is 0.151. The minimum absolute atomic E-state index is 0.151. The topological polar surface area (TPSA) is 24.0 Å². The molecule has 17 heavy (non-hydrogen) atoms. The fourth-order valence-corrected chi connectivity index (χ4v) is 2.86. The van der Waals surface area contributed by atoms with Gasteiger partial charge >= 0.3 is 0 Å². The van der Waals surface area contributed by atoms with Gasteiger partial charge in [-0.05, 0) is 38.1 Å². The van der Waals surface area contributed by atoms with Crippen molar-refractivity contribution in [2.24, 2.45) is 5.92 Å². The molecule has 2 rings (SSSR count). The second-order valence-electron chi connectivity index (χ2n) is 6.26. The summed E-state index contributed by atoms with van der Waals surface area (Å²) >= 11 is 5.40. The van der Waals surface area contributed by atoms with Crippen LogP contribution in [0.15, 0.2) is 6.20 Å². The lowest BCUT2D eigenvalue weighted by molar-refractivity contribution is 0.369. The maximum Gasteiger partial charge on any atom is 0.177 e. The van der Waals surface area contributed by atoms with Crippen LogP contribution in [0.4, 0.5) is 0 Å². The van der Waals surface area contributed by atoms with Crippen LogP contribution in [0.2, 0.25) is 0 Å². The molecule has 0 radical (unpaired) electrons. The van der Waals surface area contributed by atoms with E-state index < -0.39 is 0 Å². The van der Waals surface area contributed by atoms with E-state index in [4.69, 9.17) is 12.2 Å². The molecule has 0 saturated carbocycles. The van der Waals surface area contributed by atoms with Crippen molar-refractivity contribution >= 4 is 12.2 Å². The largest absolute Gasteiger partial charge is 0.337 e. The summed E-state index contributed by atoms with van der Waals surface area (Å²) in [5.41, 5.74) is 1.47. The van der Waals surface area contributed by atoms with Gasteiger partial charge in [0.2, 0.25) is 0 Å². The maximum absolute atomic E-state index is 5.40. The Hall–Kier alpha value is -0.610. The fraction of sp³-hybridized carbons (Fsp3) is 0.769. The number of H-pyrrole nitrogens is 1. The van der Waals surface area contributed by atoms with Gasteiger partial charge in [0, 0.05) is 30.4 Å². The molecule has 4 heteroatoms. The van der Waals surface area contributed by atoms with Crippen LogP contribution in [0.1, 0.15) is 32.9 Å². The summed E-state index contributed by atoms with van der Waals surface area (Å²) in [5, 5.41) is 0. The monoisotopic (exact) mass is 253 g/mol. The number of nitrogens with zero attached hydrogens (tertiary/aromatic N) is 2. The molecular formula is C13H23N3S. The van der Waals surface area contributed by atoms with Gasteiger partial charge in [-0.15, -0.1) is 0 Å². The van der Waals surface area contributed by atoms with Crippen LogP contribution in [0, 0.1) is 10.7 Å². The molecule has 0 bridgehead atoms. The van der Waals surface area contributed by atoms with Crippen molar-refractivity contribution in [2.75, 3.05) is 20.1 Å². The number of rotatable bonds is 2. The van der Waals surface area contributed by atoms with Crippen molar-refractivity contribution in [3.63, 3.8) is 0 Å². The molecule has 3 nitrogen and oxygen atoms in total. The van der Waals surface area contributed by atoms with Crippen LogP contribution in [0.25, 0.3) is 0 Å². The highest BCUT2D eigenvalue weighted by Crippen LogP contribution is 2.25. The highest BCUT2D eigenvalue weighted by Gasteiger charge is 2.24. The Labute approximate surface area is 109 Å². The van der Waals surface area contributed by atoms with Gasteiger partial charge in [-0.3, -0.25) is 0 Å². The Bertz CT molecular complexity index is 438. The van der Waals surface area contributed by atoms with E-state index in [-0.39, 0.29) is 5.41 Å². The van der Waals surface area contributed by atoms with Gasteiger partial charge < -0.3 is 14.5 Å². The van der Waals surface area contributed by atoms with Crippen LogP contribution in [-0.2, 0) is 12.0 Å². The third-order valence-corrected chi connectivity index (χ3v) is 3.90. The molecular weight excluding hydrogens is 230 g/mol. The molecule has 0 aliphatic carbocycles. The zero-order chi connectivity index (χ0) is 12.6. The number of hydrogen-bond acceptors (Lipinski definition) is 2. The number of aromatic amines is 1. The molecule has 1 unspecified atom stereocenters. The molecule has 2 heterocycles. The minimum Gasteiger partial charge on any atom is -0.337 e. The van der Waals surface area contributed by atoms with Crippen LogP contribution >= 0.6 is 12.2 Å². The Morgan fingerprint density at radius 2 is 2.18 bits per heavy atom. The Morgan fingerprint density at radius 3 is 2.71 bits per heavy atom. The first kappa shape index (κ1) is 12.8. The summed E-state index contributed by atoms with van der Waals surface area (Å²) in [6.45, 7) is 10.2. The van der Waals surface area contributed by atoms with E-state index in [1.165, 1.54) is 25.2 Å². The van der Waals surface area contributed by atoms with Crippen LogP contribution in [-0.4, -0.2) is 34.6 Å². The third kappa shape index (κ3) is 2.80. The van der Waals surface area contributed by atoms with Gasteiger partial charge in [-0.1, -0.05) is 20.8 Å². The molecule has 1 aliphatic heterocycles. The van der Waals surface area contributed by atoms with Gasteiger partial charge in [0.1, 0.15) is 0 Å². The third-order valence-electron chi connectivity index (χ3n) is 3.57. The Morgan fingerprint density at radius 1 is 1.47 bits per heavy atom. The Kier molecular flexibility index (Phi) is 3.46. The first-order chi connectivity index (χ1) is 7.88. The van der Waals surface area contributed by atoms with Gasteiger partial charge in [-0.2, -0.15) is 0 Å². The fourth-order valence-electron chi connectivity index (χ4n) is 2.63. The summed E-state index contributed by atoms with van der Waals surface area (Å²) in [7, 11) is 2.20. The summed E-state index contributed by atoms with van der Waals surface area (Å²) < 4.78 is 3.16. The summed E-state index contributed by atoms with van der Waals surface area (Å²) in [5.74, 6) is 0.739. The molecule has 1 fully saturated rings. The van der Waals surface area contributed by atoms with E-state index in [9.17, 15) is 0 Å². The van der Waals surface area contributed by atoms with Crippen molar-refractivity contribution in [3.05, 3.63) is 16.7 Å². The molecule has 1 N–H and O–H groups in total. The average molecular weight is 253 g/mol. The zero-order valence-corrected chi connectivity index (χ0v) is 12.1. The lowest BCUT2D eigenvalue weighted by Gasteiger charge is -2.22. The number of likely N-dealkylation sites (tertiary alicyclic amines) is 1. The molecule has 96 valence electrons. The van der Waals surface area contributed by atoms with E-state index in [0.717, 1.165) is 17.2 Å². The SMILES string of the molecule is CN1CCC(Cn2c(C(C)(C)C)c[nH]c2=S)C1. The van der Waals surface area contributed by atoms with Crippen LogP contribution in [0.3, 0.4) is 0 Å². The lowest BCUT2D eigenvalue weighted by Crippen LogP contribution is -2.22. The van der Waals surface area contributed by atoms with Crippen molar-refractivity contribution in [1.82, 2.24) is 14.5 Å². The predicted octanol–water partition coefficient (Wildman–Crippen LogP) is 2.79. The molecule has 0 aromatic carbocycles. The molecule has 1 aliphatic rings. The normalized spacial score (nSPS) is 22.2. The second kappa shape index (κ2) is 4.58. The van der Waals surface area contributed by atoms with Gasteiger partial charge in [0.05, 0.1) is 0 Å². The smallest absolute Gasteiger partial charge is 0.177 e. The van der Waals surface area contributed by atoms with Crippen molar-refractivity contribution in [2.45, 2.75) is 39.2 Å². The molecule has 0 spiro atoms. The highest BCUT2D eigenvalue weighted by atomic mass is 32.1. The average Bonchev–Trinajstić information content (AvgIpc) is 2.74. The molecule has 1 aromatic rings. The number of nitrogens with one attached hydrogen (secondary N) is 1. The van der Waals surface area contributed by atoms with Gasteiger partial charge in [0.25, 0.3) is 0 Å². The summed E-state index contributed by atoms with van der Waals surface area (Å²) in [6.07, 6.45) is 3.36. The first-order valence-electron chi connectivity index (χ1n) is 6.35. The highest BCUT2D eigenvalue weighted by molar-refractivity contribution is 7.71. The van der Waals surface area contributed by atoms with Crippen molar-refractivity contribution in [1.29, 1.82) is 0 Å². The number of hydrogen-bond donors (Lipinski definition) is 1.